The lowest BCUT2D eigenvalue weighted by Gasteiger charge is -2.21. The second kappa shape index (κ2) is 8.41. The highest BCUT2D eigenvalue weighted by Crippen LogP contribution is 2.38. The minimum absolute atomic E-state index is 0.0400. The Morgan fingerprint density at radius 2 is 1.59 bits per heavy atom. The first-order valence-electron chi connectivity index (χ1n) is 9.33. The molecular weight excluding hydrogens is 350 g/mol. The molecule has 1 aromatic carbocycles. The minimum Gasteiger partial charge on any atom is -0.497 e. The van der Waals surface area contributed by atoms with Gasteiger partial charge in [0.25, 0.3) is 0 Å². The standard InChI is InChI=1S/C20H25NO6/c1-13(21-18(22)16-5-3-4-6-17(16)19(21)23)20(24)27-12-11-26-15-9-7-14(25-2)8-10-15/h7-10,13,16-17H,3-6,11-12H2,1-2H3/t13-,16-,17-/m0/s1. The third-order valence-electron chi connectivity index (χ3n) is 5.26. The molecule has 1 heterocycles. The summed E-state index contributed by atoms with van der Waals surface area (Å²) >= 11 is 0. The zero-order valence-corrected chi connectivity index (χ0v) is 15.7. The van der Waals surface area contributed by atoms with E-state index in [2.05, 4.69) is 0 Å². The molecular formula is C20H25NO6. The van der Waals surface area contributed by atoms with Gasteiger partial charge in [-0.3, -0.25) is 14.5 Å². The van der Waals surface area contributed by atoms with Crippen LogP contribution in [0.4, 0.5) is 0 Å². The number of hydrogen-bond acceptors (Lipinski definition) is 6. The molecule has 1 saturated heterocycles. The Hall–Kier alpha value is -2.57. The van der Waals surface area contributed by atoms with Crippen molar-refractivity contribution >= 4 is 17.8 Å². The molecule has 1 aromatic rings. The molecule has 2 amide bonds. The lowest BCUT2D eigenvalue weighted by molar-refractivity contribution is -0.158. The predicted octanol–water partition coefficient (Wildman–Crippen LogP) is 2.18. The third kappa shape index (κ3) is 4.07. The summed E-state index contributed by atoms with van der Waals surface area (Å²) in [5.41, 5.74) is 0. The van der Waals surface area contributed by atoms with E-state index in [1.807, 2.05) is 0 Å². The fourth-order valence-corrected chi connectivity index (χ4v) is 3.77. The summed E-state index contributed by atoms with van der Waals surface area (Å²) in [7, 11) is 1.58. The average Bonchev–Trinajstić information content (AvgIpc) is 2.95. The molecule has 27 heavy (non-hydrogen) atoms. The van der Waals surface area contributed by atoms with Gasteiger partial charge in [-0.05, 0) is 44.0 Å². The Kier molecular flexibility index (Phi) is 5.98. The highest BCUT2D eigenvalue weighted by atomic mass is 16.6. The monoisotopic (exact) mass is 375 g/mol. The van der Waals surface area contributed by atoms with Crippen molar-refractivity contribution in [2.24, 2.45) is 11.8 Å². The van der Waals surface area contributed by atoms with Gasteiger partial charge in [-0.1, -0.05) is 12.8 Å². The molecule has 7 nitrogen and oxygen atoms in total. The molecule has 0 bridgehead atoms. The van der Waals surface area contributed by atoms with Crippen molar-refractivity contribution in [3.63, 3.8) is 0 Å². The Labute approximate surface area is 158 Å². The topological polar surface area (TPSA) is 82.1 Å². The molecule has 1 aliphatic heterocycles. The van der Waals surface area contributed by atoms with Gasteiger partial charge in [0.1, 0.15) is 30.8 Å². The highest BCUT2D eigenvalue weighted by molar-refractivity contribution is 6.07. The number of benzene rings is 1. The lowest BCUT2D eigenvalue weighted by atomic mass is 9.81. The van der Waals surface area contributed by atoms with Gasteiger partial charge in [0.2, 0.25) is 11.8 Å². The smallest absolute Gasteiger partial charge is 0.329 e. The van der Waals surface area contributed by atoms with E-state index in [9.17, 15) is 14.4 Å². The quantitative estimate of drug-likeness (QED) is 0.413. The van der Waals surface area contributed by atoms with Crippen LogP contribution in [-0.4, -0.2) is 49.0 Å². The second-order valence-electron chi connectivity index (χ2n) is 6.91. The predicted molar refractivity (Wildman–Crippen MR) is 96.2 cm³/mol. The van der Waals surface area contributed by atoms with Gasteiger partial charge in [-0.15, -0.1) is 0 Å². The summed E-state index contributed by atoms with van der Waals surface area (Å²) in [5, 5.41) is 0. The summed E-state index contributed by atoms with van der Waals surface area (Å²) in [6.07, 6.45) is 3.36. The summed E-state index contributed by atoms with van der Waals surface area (Å²) in [6, 6.07) is 6.15. The van der Waals surface area contributed by atoms with Crippen LogP contribution in [0.2, 0.25) is 0 Å². The number of rotatable bonds is 7. The van der Waals surface area contributed by atoms with E-state index in [0.717, 1.165) is 36.3 Å². The van der Waals surface area contributed by atoms with Crippen LogP contribution in [0.1, 0.15) is 32.6 Å². The number of likely N-dealkylation sites (tertiary alicyclic amines) is 1. The third-order valence-corrected chi connectivity index (χ3v) is 5.26. The van der Waals surface area contributed by atoms with Gasteiger partial charge in [0.05, 0.1) is 18.9 Å². The molecule has 2 fully saturated rings. The molecule has 1 saturated carbocycles. The molecule has 0 aromatic heterocycles. The zero-order valence-electron chi connectivity index (χ0n) is 15.7. The molecule has 1 aliphatic carbocycles. The molecule has 0 radical (unpaired) electrons. The van der Waals surface area contributed by atoms with Crippen LogP contribution in [0, 0.1) is 11.8 Å². The summed E-state index contributed by atoms with van der Waals surface area (Å²) < 4.78 is 15.8. The number of methoxy groups -OCH3 is 1. The molecule has 0 unspecified atom stereocenters. The van der Waals surface area contributed by atoms with Crippen LogP contribution in [0.3, 0.4) is 0 Å². The Balaban J connectivity index is 1.47. The van der Waals surface area contributed by atoms with Crippen molar-refractivity contribution in [1.29, 1.82) is 0 Å². The van der Waals surface area contributed by atoms with Crippen molar-refractivity contribution in [3.8, 4) is 11.5 Å². The molecule has 146 valence electrons. The minimum atomic E-state index is -0.906. The van der Waals surface area contributed by atoms with E-state index < -0.39 is 12.0 Å². The van der Waals surface area contributed by atoms with Crippen molar-refractivity contribution in [2.75, 3.05) is 20.3 Å². The molecule has 7 heteroatoms. The number of hydrogen-bond donors (Lipinski definition) is 0. The number of nitrogens with zero attached hydrogens (tertiary/aromatic N) is 1. The maximum absolute atomic E-state index is 12.5. The molecule has 0 spiro atoms. The van der Waals surface area contributed by atoms with Gasteiger partial charge >= 0.3 is 5.97 Å². The maximum Gasteiger partial charge on any atom is 0.329 e. The summed E-state index contributed by atoms with van der Waals surface area (Å²) in [5.74, 6) is -0.224. The van der Waals surface area contributed by atoms with E-state index in [1.54, 1.807) is 38.3 Å². The van der Waals surface area contributed by atoms with Crippen LogP contribution in [0.25, 0.3) is 0 Å². The van der Waals surface area contributed by atoms with E-state index >= 15 is 0 Å². The number of fused-ring (bicyclic) bond motifs is 1. The van der Waals surface area contributed by atoms with E-state index in [0.29, 0.717) is 5.75 Å². The Morgan fingerprint density at radius 1 is 1.04 bits per heavy atom. The van der Waals surface area contributed by atoms with Crippen LogP contribution in [-0.2, 0) is 19.1 Å². The van der Waals surface area contributed by atoms with Gasteiger partial charge in [0, 0.05) is 0 Å². The van der Waals surface area contributed by atoms with Crippen LogP contribution in [0.5, 0.6) is 11.5 Å². The highest BCUT2D eigenvalue weighted by Gasteiger charge is 2.51. The van der Waals surface area contributed by atoms with Gasteiger partial charge in [-0.25, -0.2) is 4.79 Å². The van der Waals surface area contributed by atoms with Crippen LogP contribution >= 0.6 is 0 Å². The van der Waals surface area contributed by atoms with Crippen molar-refractivity contribution in [2.45, 2.75) is 38.6 Å². The molecule has 3 atom stereocenters. The first-order valence-corrected chi connectivity index (χ1v) is 9.33. The number of carbonyl (C=O) groups excluding carboxylic acids is 3. The zero-order chi connectivity index (χ0) is 19.4. The van der Waals surface area contributed by atoms with Gasteiger partial charge < -0.3 is 14.2 Å². The van der Waals surface area contributed by atoms with Gasteiger partial charge in [0.15, 0.2) is 0 Å². The number of esters is 1. The number of carbonyl (C=O) groups is 3. The first-order chi connectivity index (χ1) is 13.0. The van der Waals surface area contributed by atoms with Crippen molar-refractivity contribution in [3.05, 3.63) is 24.3 Å². The van der Waals surface area contributed by atoms with Crippen LogP contribution in [0.15, 0.2) is 24.3 Å². The summed E-state index contributed by atoms with van der Waals surface area (Å²) in [6.45, 7) is 1.76. The Bertz CT molecular complexity index is 677. The van der Waals surface area contributed by atoms with E-state index in [4.69, 9.17) is 14.2 Å². The van der Waals surface area contributed by atoms with Crippen LogP contribution < -0.4 is 9.47 Å². The molecule has 2 aliphatic rings. The van der Waals surface area contributed by atoms with Crippen molar-refractivity contribution < 1.29 is 28.6 Å². The number of imide groups is 1. The molecule has 3 rings (SSSR count). The number of amides is 2. The maximum atomic E-state index is 12.5. The summed E-state index contributed by atoms with van der Waals surface area (Å²) in [4.78, 5) is 38.4. The fourth-order valence-electron chi connectivity index (χ4n) is 3.77. The van der Waals surface area contributed by atoms with Crippen molar-refractivity contribution in [1.82, 2.24) is 4.90 Å². The Morgan fingerprint density at radius 3 is 2.15 bits per heavy atom. The normalized spacial score (nSPS) is 23.0. The SMILES string of the molecule is COc1ccc(OCCOC(=O)[C@H](C)N2C(=O)[C@H]3CCCC[C@@H]3C2=O)cc1. The molecule has 0 N–H and O–H groups in total. The fraction of sp³-hybridized carbons (Fsp3) is 0.550. The van der Waals surface area contributed by atoms with E-state index in [-0.39, 0.29) is 36.9 Å². The first kappa shape index (κ1) is 19.2. The van der Waals surface area contributed by atoms with E-state index in [1.165, 1.54) is 0 Å². The lowest BCUT2D eigenvalue weighted by Crippen LogP contribution is -2.44. The second-order valence-corrected chi connectivity index (χ2v) is 6.91. The number of ether oxygens (including phenoxy) is 3. The van der Waals surface area contributed by atoms with Gasteiger partial charge in [-0.2, -0.15) is 0 Å². The largest absolute Gasteiger partial charge is 0.497 e. The average molecular weight is 375 g/mol.